The fraction of sp³-hybridized carbons (Fsp3) is 0.444. The Morgan fingerprint density at radius 1 is 1.14 bits per heavy atom. The number of benzene rings is 1. The van der Waals surface area contributed by atoms with Crippen LogP contribution in [0.5, 0.6) is 0 Å². The van der Waals surface area contributed by atoms with E-state index in [1.54, 1.807) is 12.1 Å². The van der Waals surface area contributed by atoms with E-state index < -0.39 is 10.0 Å². The maximum atomic E-state index is 11.6. The zero-order valence-electron chi connectivity index (χ0n) is 16.6. The van der Waals surface area contributed by atoms with Crippen molar-refractivity contribution in [3.63, 3.8) is 0 Å². The molecule has 156 valence electrons. The summed E-state index contributed by atoms with van der Waals surface area (Å²) in [5, 5.41) is 6.37. The fourth-order valence-corrected chi connectivity index (χ4v) is 3.09. The molecule has 0 amide bonds. The van der Waals surface area contributed by atoms with Crippen LogP contribution < -0.4 is 15.4 Å². The second kappa shape index (κ2) is 11.4. The number of aromatic nitrogens is 1. The van der Waals surface area contributed by atoms with Crippen LogP contribution in [0.25, 0.3) is 0 Å². The third-order valence-electron chi connectivity index (χ3n) is 3.93. The van der Waals surface area contributed by atoms with Crippen molar-refractivity contribution >= 4 is 40.0 Å². The van der Waals surface area contributed by atoms with Gasteiger partial charge in [-0.2, -0.15) is 0 Å². The van der Waals surface area contributed by atoms with Crippen LogP contribution in [0.3, 0.4) is 0 Å². The molecule has 8 nitrogen and oxygen atoms in total. The highest BCUT2D eigenvalue weighted by atomic mass is 127. The van der Waals surface area contributed by atoms with E-state index in [1.807, 2.05) is 32.9 Å². The Kier molecular flexibility index (Phi) is 9.90. The Bertz CT molecular complexity index is 860. The summed E-state index contributed by atoms with van der Waals surface area (Å²) >= 11 is 0. The quantitative estimate of drug-likeness (QED) is 0.279. The number of nitrogens with zero attached hydrogens (tertiary/aromatic N) is 2. The van der Waals surface area contributed by atoms with Gasteiger partial charge in [0.15, 0.2) is 5.96 Å². The maximum Gasteiger partial charge on any atom is 0.215 e. The Morgan fingerprint density at radius 2 is 1.79 bits per heavy atom. The van der Waals surface area contributed by atoms with Gasteiger partial charge in [-0.1, -0.05) is 24.3 Å². The molecule has 0 aliphatic rings. The van der Waals surface area contributed by atoms with Gasteiger partial charge in [0.1, 0.15) is 5.76 Å². The summed E-state index contributed by atoms with van der Waals surface area (Å²) in [6, 6.07) is 7.37. The minimum atomic E-state index is -3.27. The van der Waals surface area contributed by atoms with Gasteiger partial charge in [0.05, 0.1) is 24.5 Å². The average Bonchev–Trinajstić information content (AvgIpc) is 2.96. The number of aliphatic imine (C=N–C) groups is 1. The fourth-order valence-electron chi connectivity index (χ4n) is 2.32. The Hall–Kier alpha value is -1.66. The second-order valence-corrected chi connectivity index (χ2v) is 8.00. The number of halogens is 1. The molecule has 0 aliphatic heterocycles. The lowest BCUT2D eigenvalue weighted by molar-refractivity contribution is 0.463. The Labute approximate surface area is 183 Å². The molecule has 0 atom stereocenters. The van der Waals surface area contributed by atoms with Crippen molar-refractivity contribution in [2.45, 2.75) is 39.6 Å². The second-order valence-electron chi connectivity index (χ2n) is 6.08. The molecule has 2 aromatic rings. The van der Waals surface area contributed by atoms with Gasteiger partial charge in [0.25, 0.3) is 0 Å². The van der Waals surface area contributed by atoms with Crippen LogP contribution in [0.1, 0.15) is 35.4 Å². The first-order valence-electron chi connectivity index (χ1n) is 8.77. The lowest BCUT2D eigenvalue weighted by Gasteiger charge is -2.10. The maximum absolute atomic E-state index is 11.6. The molecule has 0 spiro atoms. The van der Waals surface area contributed by atoms with Gasteiger partial charge < -0.3 is 15.1 Å². The van der Waals surface area contributed by atoms with Crippen molar-refractivity contribution in [2.75, 3.05) is 13.6 Å². The van der Waals surface area contributed by atoms with E-state index in [4.69, 9.17) is 4.42 Å². The molecule has 0 unspecified atom stereocenters. The van der Waals surface area contributed by atoms with E-state index in [1.165, 1.54) is 7.05 Å². The molecule has 0 saturated carbocycles. The first-order chi connectivity index (χ1) is 12.8. The van der Waals surface area contributed by atoms with Crippen LogP contribution in [0.2, 0.25) is 0 Å². The third kappa shape index (κ3) is 7.76. The number of guanidine groups is 1. The lowest BCUT2D eigenvalue weighted by atomic mass is 10.1. The normalized spacial score (nSPS) is 11.8. The lowest BCUT2D eigenvalue weighted by Crippen LogP contribution is -2.36. The Balaban J connectivity index is 0.00000392. The minimum Gasteiger partial charge on any atom is -0.444 e. The number of sulfonamides is 1. The molecule has 3 N–H and O–H groups in total. The standard InChI is InChI=1S/C18H27N5O3S.HI/c1-5-20-18(22-11-17-23-13(2)14(3)26-17)21-10-15-6-8-16(9-7-15)12-27(24,25)19-4;/h6-9,19H,5,10-12H2,1-4H3,(H2,20,21,22);1H. The van der Waals surface area contributed by atoms with E-state index in [9.17, 15) is 8.42 Å². The first kappa shape index (κ1) is 24.4. The van der Waals surface area contributed by atoms with Crippen molar-refractivity contribution in [3.05, 3.63) is 52.7 Å². The zero-order valence-corrected chi connectivity index (χ0v) is 19.7. The van der Waals surface area contributed by atoms with Gasteiger partial charge >= 0.3 is 0 Å². The van der Waals surface area contributed by atoms with Crippen molar-refractivity contribution in [1.29, 1.82) is 0 Å². The van der Waals surface area contributed by atoms with E-state index in [2.05, 4.69) is 25.3 Å². The van der Waals surface area contributed by atoms with Crippen molar-refractivity contribution in [3.8, 4) is 0 Å². The largest absolute Gasteiger partial charge is 0.444 e. The zero-order chi connectivity index (χ0) is 19.9. The SMILES string of the molecule is CCNC(=NCc1ccc(CS(=O)(=O)NC)cc1)NCc1nc(C)c(C)o1.I. The van der Waals surface area contributed by atoms with Crippen molar-refractivity contribution in [1.82, 2.24) is 20.3 Å². The molecule has 0 fully saturated rings. The topological polar surface area (TPSA) is 109 Å². The van der Waals surface area contributed by atoms with Gasteiger partial charge in [0.2, 0.25) is 15.9 Å². The van der Waals surface area contributed by atoms with Crippen LogP contribution in [0, 0.1) is 13.8 Å². The molecule has 0 bridgehead atoms. The molecular formula is C18H28IN5O3S. The minimum absolute atomic E-state index is 0. The molecule has 0 aliphatic carbocycles. The van der Waals surface area contributed by atoms with Gasteiger partial charge in [-0.05, 0) is 38.9 Å². The first-order valence-corrected chi connectivity index (χ1v) is 10.4. The number of hydrogen-bond acceptors (Lipinski definition) is 5. The molecular weight excluding hydrogens is 493 g/mol. The number of nitrogens with one attached hydrogen (secondary N) is 3. The molecule has 0 radical (unpaired) electrons. The van der Waals surface area contributed by atoms with E-state index in [0.29, 0.717) is 24.9 Å². The summed E-state index contributed by atoms with van der Waals surface area (Å²) in [6.45, 7) is 7.44. The van der Waals surface area contributed by atoms with Crippen LogP contribution >= 0.6 is 24.0 Å². The molecule has 28 heavy (non-hydrogen) atoms. The number of oxazole rings is 1. The van der Waals surface area contributed by atoms with Crippen LogP contribution in [0.4, 0.5) is 0 Å². The summed E-state index contributed by atoms with van der Waals surface area (Å²) in [4.78, 5) is 8.88. The predicted octanol–water partition coefficient (Wildman–Crippen LogP) is 2.21. The van der Waals surface area contributed by atoms with Crippen molar-refractivity contribution in [2.24, 2.45) is 4.99 Å². The smallest absolute Gasteiger partial charge is 0.215 e. The van der Waals surface area contributed by atoms with Crippen molar-refractivity contribution < 1.29 is 12.8 Å². The van der Waals surface area contributed by atoms with Gasteiger partial charge in [-0.25, -0.2) is 23.1 Å². The van der Waals surface area contributed by atoms with Crippen LogP contribution in [-0.2, 0) is 28.9 Å². The predicted molar refractivity (Wildman–Crippen MR) is 121 cm³/mol. The Morgan fingerprint density at radius 3 is 2.32 bits per heavy atom. The molecule has 1 aromatic heterocycles. The van der Waals surface area contributed by atoms with E-state index in [-0.39, 0.29) is 29.7 Å². The molecule has 2 rings (SSSR count). The van der Waals surface area contributed by atoms with E-state index >= 15 is 0 Å². The molecule has 0 saturated heterocycles. The highest BCUT2D eigenvalue weighted by Crippen LogP contribution is 2.09. The highest BCUT2D eigenvalue weighted by Gasteiger charge is 2.09. The summed E-state index contributed by atoms with van der Waals surface area (Å²) < 4.78 is 31.0. The summed E-state index contributed by atoms with van der Waals surface area (Å²) in [6.07, 6.45) is 0. The molecule has 1 heterocycles. The average molecular weight is 521 g/mol. The van der Waals surface area contributed by atoms with E-state index in [0.717, 1.165) is 29.1 Å². The highest BCUT2D eigenvalue weighted by molar-refractivity contribution is 14.0. The molecule has 1 aromatic carbocycles. The monoisotopic (exact) mass is 521 g/mol. The number of rotatable bonds is 8. The number of aryl methyl sites for hydroxylation is 2. The third-order valence-corrected chi connectivity index (χ3v) is 5.27. The summed E-state index contributed by atoms with van der Waals surface area (Å²) in [7, 11) is -1.85. The van der Waals surface area contributed by atoms with Gasteiger partial charge in [0, 0.05) is 6.54 Å². The number of hydrogen-bond donors (Lipinski definition) is 3. The summed E-state index contributed by atoms with van der Waals surface area (Å²) in [5.41, 5.74) is 2.60. The summed E-state index contributed by atoms with van der Waals surface area (Å²) in [5.74, 6) is 2.05. The van der Waals surface area contributed by atoms with Crippen LogP contribution in [-0.4, -0.2) is 33.0 Å². The van der Waals surface area contributed by atoms with Gasteiger partial charge in [-0.3, -0.25) is 0 Å². The van der Waals surface area contributed by atoms with Gasteiger partial charge in [-0.15, -0.1) is 24.0 Å². The molecule has 10 heteroatoms. The van der Waals surface area contributed by atoms with Crippen LogP contribution in [0.15, 0.2) is 33.7 Å².